The van der Waals surface area contributed by atoms with Crippen LogP contribution in [0.4, 0.5) is 0 Å². The molecule has 4 heteroatoms. The van der Waals surface area contributed by atoms with Gasteiger partial charge in [-0.2, -0.15) is 0 Å². The van der Waals surface area contributed by atoms with Crippen molar-refractivity contribution >= 4 is 16.8 Å². The zero-order valence-electron chi connectivity index (χ0n) is 10.4. The van der Waals surface area contributed by atoms with Crippen molar-refractivity contribution in [2.75, 3.05) is 5.75 Å². The van der Waals surface area contributed by atoms with Gasteiger partial charge in [-0.15, -0.1) is 0 Å². The largest absolute Gasteiger partial charge is 0.481 e. The van der Waals surface area contributed by atoms with Crippen LogP contribution in [-0.4, -0.2) is 21.0 Å². The number of hydrogen-bond acceptors (Lipinski definition) is 2. The second kappa shape index (κ2) is 6.14. The number of carboxylic acids is 1. The fourth-order valence-corrected chi connectivity index (χ4v) is 3.51. The number of rotatable bonds is 6. The summed E-state index contributed by atoms with van der Waals surface area (Å²) in [6.07, 6.45) is 4.91. The van der Waals surface area contributed by atoms with E-state index in [0.29, 0.717) is 18.6 Å². The van der Waals surface area contributed by atoms with E-state index in [0.717, 1.165) is 17.7 Å². The number of fused-ring (bicyclic) bond motifs is 1. The standard InChI is InChI=1S/C14H18O3S/c15-14(16)6-1-2-9-18(17)13-8-7-11-4-3-5-12(11)10-13/h7-8,10H,1-6,9H2,(H,15,16). The molecule has 1 unspecified atom stereocenters. The summed E-state index contributed by atoms with van der Waals surface area (Å²) in [5.41, 5.74) is 2.73. The Morgan fingerprint density at radius 2 is 2.00 bits per heavy atom. The molecular formula is C14H18O3S. The minimum Gasteiger partial charge on any atom is -0.481 e. The molecule has 3 nitrogen and oxygen atoms in total. The number of benzene rings is 1. The van der Waals surface area contributed by atoms with E-state index in [4.69, 9.17) is 5.11 Å². The van der Waals surface area contributed by atoms with Gasteiger partial charge in [-0.1, -0.05) is 6.07 Å². The van der Waals surface area contributed by atoms with Crippen LogP contribution in [0.3, 0.4) is 0 Å². The molecule has 0 aliphatic heterocycles. The Bertz CT molecular complexity index is 468. The van der Waals surface area contributed by atoms with Gasteiger partial charge in [-0.05, 0) is 55.4 Å². The van der Waals surface area contributed by atoms with Crippen molar-refractivity contribution < 1.29 is 14.1 Å². The van der Waals surface area contributed by atoms with Crippen molar-refractivity contribution in [3.05, 3.63) is 29.3 Å². The molecule has 0 fully saturated rings. The van der Waals surface area contributed by atoms with Crippen molar-refractivity contribution in [3.8, 4) is 0 Å². The fraction of sp³-hybridized carbons (Fsp3) is 0.500. The van der Waals surface area contributed by atoms with Crippen LogP contribution in [0.25, 0.3) is 0 Å². The molecule has 0 radical (unpaired) electrons. The summed E-state index contributed by atoms with van der Waals surface area (Å²) in [5.74, 6) is -0.218. The number of aliphatic carboxylic acids is 1. The lowest BCUT2D eigenvalue weighted by atomic mass is 10.1. The van der Waals surface area contributed by atoms with E-state index in [1.807, 2.05) is 6.07 Å². The van der Waals surface area contributed by atoms with E-state index < -0.39 is 16.8 Å². The number of unbranched alkanes of at least 4 members (excludes halogenated alkanes) is 1. The summed E-state index contributed by atoms with van der Waals surface area (Å²) in [4.78, 5) is 11.3. The van der Waals surface area contributed by atoms with Gasteiger partial charge in [0.1, 0.15) is 0 Å². The van der Waals surface area contributed by atoms with E-state index in [1.54, 1.807) is 0 Å². The quantitative estimate of drug-likeness (QED) is 0.805. The smallest absolute Gasteiger partial charge is 0.303 e. The molecule has 0 bridgehead atoms. The van der Waals surface area contributed by atoms with Gasteiger partial charge in [-0.3, -0.25) is 9.00 Å². The first kappa shape index (κ1) is 13.3. The van der Waals surface area contributed by atoms with Crippen LogP contribution in [0.15, 0.2) is 23.1 Å². The molecule has 1 aliphatic rings. The molecule has 0 aromatic heterocycles. The second-order valence-corrected chi connectivity index (χ2v) is 6.26. The number of aryl methyl sites for hydroxylation is 2. The molecule has 0 amide bonds. The van der Waals surface area contributed by atoms with Gasteiger partial charge in [0.15, 0.2) is 0 Å². The van der Waals surface area contributed by atoms with Crippen molar-refractivity contribution in [1.82, 2.24) is 0 Å². The summed E-state index contributed by atoms with van der Waals surface area (Å²) in [7, 11) is -0.983. The monoisotopic (exact) mass is 266 g/mol. The summed E-state index contributed by atoms with van der Waals surface area (Å²) in [6.45, 7) is 0. The lowest BCUT2D eigenvalue weighted by Crippen LogP contribution is -2.01. The van der Waals surface area contributed by atoms with Gasteiger partial charge >= 0.3 is 5.97 Å². The number of carboxylic acid groups (broad SMARTS) is 1. The van der Waals surface area contributed by atoms with E-state index in [9.17, 15) is 9.00 Å². The van der Waals surface area contributed by atoms with Crippen LogP contribution < -0.4 is 0 Å². The maximum Gasteiger partial charge on any atom is 0.303 e. The highest BCUT2D eigenvalue weighted by Crippen LogP contribution is 2.24. The van der Waals surface area contributed by atoms with E-state index in [2.05, 4.69) is 12.1 Å². The third kappa shape index (κ3) is 3.42. The molecule has 1 N–H and O–H groups in total. The predicted octanol–water partition coefficient (Wildman–Crippen LogP) is 2.54. The van der Waals surface area contributed by atoms with Crippen LogP contribution >= 0.6 is 0 Å². The molecule has 18 heavy (non-hydrogen) atoms. The van der Waals surface area contributed by atoms with E-state index >= 15 is 0 Å². The Labute approximate surface area is 110 Å². The number of carbonyl (C=O) groups is 1. The average molecular weight is 266 g/mol. The summed E-state index contributed by atoms with van der Waals surface area (Å²) in [5, 5.41) is 8.53. The Hall–Kier alpha value is -1.16. The molecule has 98 valence electrons. The Balaban J connectivity index is 1.87. The molecule has 0 heterocycles. The summed E-state index contributed by atoms with van der Waals surface area (Å²) >= 11 is 0. The summed E-state index contributed by atoms with van der Waals surface area (Å²) < 4.78 is 12.1. The van der Waals surface area contributed by atoms with E-state index in [1.165, 1.54) is 17.5 Å². The highest BCUT2D eigenvalue weighted by Gasteiger charge is 2.13. The van der Waals surface area contributed by atoms with Gasteiger partial charge in [0.05, 0.1) is 10.8 Å². The molecule has 1 aromatic rings. The lowest BCUT2D eigenvalue weighted by molar-refractivity contribution is -0.137. The topological polar surface area (TPSA) is 54.4 Å². The molecule has 0 saturated carbocycles. The molecule has 0 spiro atoms. The summed E-state index contributed by atoms with van der Waals surface area (Å²) in [6, 6.07) is 6.11. The van der Waals surface area contributed by atoms with Crippen LogP contribution in [0, 0.1) is 0 Å². The molecule has 0 saturated heterocycles. The van der Waals surface area contributed by atoms with Gasteiger partial charge < -0.3 is 5.11 Å². The number of hydrogen-bond donors (Lipinski definition) is 1. The highest BCUT2D eigenvalue weighted by atomic mass is 32.2. The molecule has 1 aromatic carbocycles. The van der Waals surface area contributed by atoms with Gasteiger partial charge in [-0.25, -0.2) is 0 Å². The Morgan fingerprint density at radius 1 is 1.22 bits per heavy atom. The first-order chi connectivity index (χ1) is 8.66. The van der Waals surface area contributed by atoms with Gasteiger partial charge in [0, 0.05) is 17.1 Å². The first-order valence-electron chi connectivity index (χ1n) is 6.39. The SMILES string of the molecule is O=C(O)CCCCS(=O)c1ccc2c(c1)CCC2. The maximum absolute atomic E-state index is 12.1. The van der Waals surface area contributed by atoms with Crippen LogP contribution in [0.5, 0.6) is 0 Å². The van der Waals surface area contributed by atoms with Gasteiger partial charge in [0.25, 0.3) is 0 Å². The molecule has 1 atom stereocenters. The van der Waals surface area contributed by atoms with Crippen LogP contribution in [0.1, 0.15) is 36.8 Å². The van der Waals surface area contributed by atoms with Crippen molar-refractivity contribution in [2.24, 2.45) is 0 Å². The zero-order chi connectivity index (χ0) is 13.0. The minimum atomic E-state index is -0.983. The van der Waals surface area contributed by atoms with Crippen LogP contribution in [0.2, 0.25) is 0 Å². The average Bonchev–Trinajstić information content (AvgIpc) is 2.81. The van der Waals surface area contributed by atoms with Crippen LogP contribution in [-0.2, 0) is 28.4 Å². The van der Waals surface area contributed by atoms with Crippen molar-refractivity contribution in [1.29, 1.82) is 0 Å². The predicted molar refractivity (Wildman–Crippen MR) is 71.2 cm³/mol. The maximum atomic E-state index is 12.1. The third-order valence-electron chi connectivity index (χ3n) is 3.30. The minimum absolute atomic E-state index is 0.168. The third-order valence-corrected chi connectivity index (χ3v) is 4.74. The van der Waals surface area contributed by atoms with Gasteiger partial charge in [0.2, 0.25) is 0 Å². The van der Waals surface area contributed by atoms with Crippen molar-refractivity contribution in [3.63, 3.8) is 0 Å². The van der Waals surface area contributed by atoms with Crippen molar-refractivity contribution in [2.45, 2.75) is 43.4 Å². The fourth-order valence-electron chi connectivity index (χ4n) is 2.32. The molecular weight excluding hydrogens is 248 g/mol. The molecule has 1 aliphatic carbocycles. The second-order valence-electron chi connectivity index (χ2n) is 4.68. The Morgan fingerprint density at radius 3 is 2.78 bits per heavy atom. The van der Waals surface area contributed by atoms with E-state index in [-0.39, 0.29) is 6.42 Å². The lowest BCUT2D eigenvalue weighted by Gasteiger charge is -2.05. The highest BCUT2D eigenvalue weighted by molar-refractivity contribution is 7.85. The first-order valence-corrected chi connectivity index (χ1v) is 7.70. The zero-order valence-corrected chi connectivity index (χ0v) is 11.2. The molecule has 2 rings (SSSR count). The Kier molecular flexibility index (Phi) is 4.53. The normalized spacial score (nSPS) is 15.3.